The molecule has 3 nitrogen and oxygen atoms in total. The summed E-state index contributed by atoms with van der Waals surface area (Å²) in [7, 11) is 1.34. The molecule has 76 valence electrons. The summed E-state index contributed by atoms with van der Waals surface area (Å²) in [4.78, 5) is 15.3. The molecule has 4 heteroatoms. The Morgan fingerprint density at radius 1 is 1.33 bits per heavy atom. The lowest BCUT2D eigenvalue weighted by atomic mass is 10.1. The zero-order valence-electron chi connectivity index (χ0n) is 8.03. The minimum Gasteiger partial charge on any atom is -0.464 e. The van der Waals surface area contributed by atoms with Crippen LogP contribution >= 0.6 is 15.9 Å². The molecular formula is C11H8BrNO2. The van der Waals surface area contributed by atoms with Gasteiger partial charge in [-0.1, -0.05) is 22.0 Å². The number of pyridine rings is 1. The molecule has 0 N–H and O–H groups in total. The summed E-state index contributed by atoms with van der Waals surface area (Å²) >= 11 is 3.37. The van der Waals surface area contributed by atoms with Crippen molar-refractivity contribution >= 4 is 32.7 Å². The van der Waals surface area contributed by atoms with Crippen LogP contribution < -0.4 is 0 Å². The fraction of sp³-hybridized carbons (Fsp3) is 0.0909. The van der Waals surface area contributed by atoms with Crippen molar-refractivity contribution in [2.75, 3.05) is 7.11 Å². The first-order chi connectivity index (χ1) is 7.20. The molecule has 0 saturated heterocycles. The number of hydrogen-bond donors (Lipinski definition) is 0. The number of hydrogen-bond acceptors (Lipinski definition) is 3. The SMILES string of the molecule is COC(=O)c1cc2cc(Br)ccc2cn1. The summed E-state index contributed by atoms with van der Waals surface area (Å²) in [6.45, 7) is 0. The highest BCUT2D eigenvalue weighted by Crippen LogP contribution is 2.19. The van der Waals surface area contributed by atoms with Crippen molar-refractivity contribution in [1.82, 2.24) is 4.98 Å². The van der Waals surface area contributed by atoms with Gasteiger partial charge >= 0.3 is 5.97 Å². The fourth-order valence-electron chi connectivity index (χ4n) is 1.33. The van der Waals surface area contributed by atoms with Crippen LogP contribution in [0.5, 0.6) is 0 Å². The molecule has 0 fully saturated rings. The van der Waals surface area contributed by atoms with E-state index in [1.807, 2.05) is 18.2 Å². The summed E-state index contributed by atoms with van der Waals surface area (Å²) in [5.41, 5.74) is 0.322. The topological polar surface area (TPSA) is 39.2 Å². The second-order valence-corrected chi connectivity index (χ2v) is 3.97. The molecule has 0 atom stereocenters. The van der Waals surface area contributed by atoms with Crippen LogP contribution in [-0.4, -0.2) is 18.1 Å². The molecule has 2 aromatic rings. The Bertz CT molecular complexity index is 525. The van der Waals surface area contributed by atoms with Crippen LogP contribution in [-0.2, 0) is 4.74 Å². The largest absolute Gasteiger partial charge is 0.464 e. The first-order valence-corrected chi connectivity index (χ1v) is 5.13. The van der Waals surface area contributed by atoms with Crippen molar-refractivity contribution in [2.45, 2.75) is 0 Å². The third-order valence-electron chi connectivity index (χ3n) is 2.08. The number of nitrogens with zero attached hydrogens (tertiary/aromatic N) is 1. The monoisotopic (exact) mass is 265 g/mol. The molecule has 2 rings (SSSR count). The smallest absolute Gasteiger partial charge is 0.356 e. The molecule has 1 aromatic carbocycles. The molecule has 15 heavy (non-hydrogen) atoms. The van der Waals surface area contributed by atoms with Gasteiger partial charge in [-0.15, -0.1) is 0 Å². The summed E-state index contributed by atoms with van der Waals surface area (Å²) in [5.74, 6) is -0.420. The van der Waals surface area contributed by atoms with E-state index in [0.717, 1.165) is 15.2 Å². The van der Waals surface area contributed by atoms with Gasteiger partial charge in [0.25, 0.3) is 0 Å². The fourth-order valence-corrected chi connectivity index (χ4v) is 1.71. The van der Waals surface area contributed by atoms with Crippen LogP contribution in [0, 0.1) is 0 Å². The van der Waals surface area contributed by atoms with E-state index in [4.69, 9.17) is 0 Å². The second-order valence-electron chi connectivity index (χ2n) is 3.05. The number of rotatable bonds is 1. The maximum Gasteiger partial charge on any atom is 0.356 e. The summed E-state index contributed by atoms with van der Waals surface area (Å²) in [5, 5.41) is 1.95. The normalized spacial score (nSPS) is 10.3. The Balaban J connectivity index is 2.59. The number of esters is 1. The van der Waals surface area contributed by atoms with Crippen molar-refractivity contribution in [3.63, 3.8) is 0 Å². The minimum absolute atomic E-state index is 0.322. The number of carbonyl (C=O) groups is 1. The van der Waals surface area contributed by atoms with Crippen LogP contribution in [0.25, 0.3) is 10.8 Å². The van der Waals surface area contributed by atoms with Crippen molar-refractivity contribution in [1.29, 1.82) is 0 Å². The van der Waals surface area contributed by atoms with Crippen LogP contribution in [0.3, 0.4) is 0 Å². The zero-order valence-corrected chi connectivity index (χ0v) is 9.61. The van der Waals surface area contributed by atoms with Gasteiger partial charge in [-0.2, -0.15) is 0 Å². The maximum atomic E-state index is 11.2. The lowest BCUT2D eigenvalue weighted by Gasteiger charge is -2.01. The molecule has 1 aromatic heterocycles. The zero-order chi connectivity index (χ0) is 10.8. The molecule has 0 aliphatic carbocycles. The Hall–Kier alpha value is -1.42. The number of halogens is 1. The van der Waals surface area contributed by atoms with Crippen molar-refractivity contribution in [2.24, 2.45) is 0 Å². The van der Waals surface area contributed by atoms with Gasteiger partial charge in [0.15, 0.2) is 0 Å². The highest BCUT2D eigenvalue weighted by atomic mass is 79.9. The van der Waals surface area contributed by atoms with Gasteiger partial charge < -0.3 is 4.74 Å². The summed E-state index contributed by atoms with van der Waals surface area (Å²) in [6, 6.07) is 7.52. The van der Waals surface area contributed by atoms with E-state index in [1.54, 1.807) is 12.3 Å². The first-order valence-electron chi connectivity index (χ1n) is 4.34. The second kappa shape index (κ2) is 3.98. The Morgan fingerprint density at radius 3 is 2.87 bits per heavy atom. The van der Waals surface area contributed by atoms with Crippen molar-refractivity contribution in [3.05, 3.63) is 40.6 Å². The van der Waals surface area contributed by atoms with Gasteiger partial charge in [-0.05, 0) is 23.6 Å². The van der Waals surface area contributed by atoms with Gasteiger partial charge in [0.2, 0.25) is 0 Å². The molecule has 0 bridgehead atoms. The third-order valence-corrected chi connectivity index (χ3v) is 2.57. The Labute approximate surface area is 95.2 Å². The Morgan fingerprint density at radius 2 is 2.13 bits per heavy atom. The predicted molar refractivity (Wildman–Crippen MR) is 60.8 cm³/mol. The van der Waals surface area contributed by atoms with Crippen LogP contribution in [0.1, 0.15) is 10.5 Å². The summed E-state index contributed by atoms with van der Waals surface area (Å²) in [6.07, 6.45) is 1.66. The van der Waals surface area contributed by atoms with E-state index in [0.29, 0.717) is 5.69 Å². The van der Waals surface area contributed by atoms with Gasteiger partial charge in [0.05, 0.1) is 7.11 Å². The minimum atomic E-state index is -0.420. The van der Waals surface area contributed by atoms with Crippen molar-refractivity contribution in [3.8, 4) is 0 Å². The molecule has 1 heterocycles. The molecule has 0 spiro atoms. The third kappa shape index (κ3) is 1.99. The van der Waals surface area contributed by atoms with E-state index < -0.39 is 5.97 Å². The average molecular weight is 266 g/mol. The number of aromatic nitrogens is 1. The lowest BCUT2D eigenvalue weighted by molar-refractivity contribution is 0.0594. The lowest BCUT2D eigenvalue weighted by Crippen LogP contribution is -2.03. The van der Waals surface area contributed by atoms with Gasteiger partial charge in [0.1, 0.15) is 5.69 Å². The van der Waals surface area contributed by atoms with E-state index in [9.17, 15) is 4.79 Å². The van der Waals surface area contributed by atoms with Crippen LogP contribution in [0.2, 0.25) is 0 Å². The quantitative estimate of drug-likeness (QED) is 0.745. The number of benzene rings is 1. The van der Waals surface area contributed by atoms with E-state index in [2.05, 4.69) is 25.7 Å². The molecule has 0 aliphatic heterocycles. The van der Waals surface area contributed by atoms with E-state index in [1.165, 1.54) is 7.11 Å². The number of carbonyl (C=O) groups excluding carboxylic acids is 1. The standard InChI is InChI=1S/C11H8BrNO2/c1-15-11(14)10-5-8-4-9(12)3-2-7(8)6-13-10/h2-6H,1H3. The molecule has 0 saturated carbocycles. The summed E-state index contributed by atoms with van der Waals surface area (Å²) < 4.78 is 5.57. The van der Waals surface area contributed by atoms with Crippen LogP contribution in [0.15, 0.2) is 34.9 Å². The van der Waals surface area contributed by atoms with Gasteiger partial charge in [-0.3, -0.25) is 0 Å². The Kier molecular flexibility index (Phi) is 2.68. The molecule has 0 aliphatic rings. The molecular weight excluding hydrogens is 258 g/mol. The molecule has 0 radical (unpaired) electrons. The first kappa shape index (κ1) is 10.1. The van der Waals surface area contributed by atoms with E-state index >= 15 is 0 Å². The highest BCUT2D eigenvalue weighted by molar-refractivity contribution is 9.10. The molecule has 0 amide bonds. The number of fused-ring (bicyclic) bond motifs is 1. The van der Waals surface area contributed by atoms with Crippen LogP contribution in [0.4, 0.5) is 0 Å². The van der Waals surface area contributed by atoms with E-state index in [-0.39, 0.29) is 0 Å². The average Bonchev–Trinajstić information content (AvgIpc) is 2.27. The number of ether oxygens (including phenoxy) is 1. The highest BCUT2D eigenvalue weighted by Gasteiger charge is 2.07. The molecule has 0 unspecified atom stereocenters. The van der Waals surface area contributed by atoms with Gasteiger partial charge in [-0.25, -0.2) is 9.78 Å². The van der Waals surface area contributed by atoms with Crippen molar-refractivity contribution < 1.29 is 9.53 Å². The predicted octanol–water partition coefficient (Wildman–Crippen LogP) is 2.78. The van der Waals surface area contributed by atoms with Gasteiger partial charge in [0, 0.05) is 16.1 Å². The maximum absolute atomic E-state index is 11.2. The number of methoxy groups -OCH3 is 1.